The van der Waals surface area contributed by atoms with E-state index < -0.39 is 0 Å². The molecule has 0 heterocycles. The van der Waals surface area contributed by atoms with Crippen LogP contribution in [0.1, 0.15) is 84.0 Å². The minimum atomic E-state index is -0.134. The first-order valence-corrected chi connectivity index (χ1v) is 8.68. The second-order valence-corrected chi connectivity index (χ2v) is 5.56. The van der Waals surface area contributed by atoms with Crippen LogP contribution in [-0.2, 0) is 9.53 Å². The smallest absolute Gasteiger partial charge is 0.305 e. The van der Waals surface area contributed by atoms with Crippen molar-refractivity contribution in [3.8, 4) is 0 Å². The summed E-state index contributed by atoms with van der Waals surface area (Å²) < 4.78 is 4.58. The van der Waals surface area contributed by atoms with Crippen LogP contribution in [-0.4, -0.2) is 13.1 Å². The highest BCUT2D eigenvalue weighted by Crippen LogP contribution is 2.09. The van der Waals surface area contributed by atoms with E-state index in [-0.39, 0.29) is 5.97 Å². The molecule has 2 nitrogen and oxygen atoms in total. The summed E-state index contributed by atoms with van der Waals surface area (Å²) in [5.74, 6) is -0.134. The predicted octanol–water partition coefficient (Wildman–Crippen LogP) is 5.97. The molecule has 0 aliphatic heterocycles. The van der Waals surface area contributed by atoms with Crippen molar-refractivity contribution in [1.29, 1.82) is 0 Å². The van der Waals surface area contributed by atoms with Gasteiger partial charge in [0.05, 0.1) is 7.11 Å². The normalized spacial score (nSPS) is 11.5. The van der Waals surface area contributed by atoms with E-state index in [9.17, 15) is 4.79 Å². The van der Waals surface area contributed by atoms with Gasteiger partial charge in [-0.3, -0.25) is 4.79 Å². The van der Waals surface area contributed by atoms with Gasteiger partial charge in [0.15, 0.2) is 0 Å². The fraction of sp³-hybridized carbons (Fsp3) is 0.737. The van der Waals surface area contributed by atoms with Crippen molar-refractivity contribution in [3.63, 3.8) is 0 Å². The molecule has 0 saturated heterocycles. The van der Waals surface area contributed by atoms with Crippen molar-refractivity contribution >= 4 is 5.97 Å². The molecule has 0 radical (unpaired) electrons. The molecule has 21 heavy (non-hydrogen) atoms. The van der Waals surface area contributed by atoms with E-state index in [0.29, 0.717) is 6.42 Å². The Bertz CT molecular complexity index is 279. The summed E-state index contributed by atoms with van der Waals surface area (Å²) in [6.07, 6.45) is 23.1. The molecular formula is C19H34O2. The predicted molar refractivity (Wildman–Crippen MR) is 91.4 cm³/mol. The largest absolute Gasteiger partial charge is 0.469 e. The summed E-state index contributed by atoms with van der Waals surface area (Å²) in [5, 5.41) is 0. The van der Waals surface area contributed by atoms with E-state index in [1.165, 1.54) is 64.9 Å². The Labute approximate surface area is 131 Å². The number of esters is 1. The zero-order valence-corrected chi connectivity index (χ0v) is 14.1. The van der Waals surface area contributed by atoms with Gasteiger partial charge in [0.1, 0.15) is 0 Å². The number of ether oxygens (including phenoxy) is 1. The zero-order chi connectivity index (χ0) is 15.6. The van der Waals surface area contributed by atoms with Gasteiger partial charge in [-0.15, -0.1) is 0 Å². The van der Waals surface area contributed by atoms with Crippen molar-refractivity contribution in [1.82, 2.24) is 0 Å². The lowest BCUT2D eigenvalue weighted by molar-refractivity contribution is -0.140. The van der Waals surface area contributed by atoms with Crippen LogP contribution in [0.2, 0.25) is 0 Å². The number of hydrogen-bond acceptors (Lipinski definition) is 2. The van der Waals surface area contributed by atoms with Crippen LogP contribution in [0, 0.1) is 0 Å². The third-order valence-corrected chi connectivity index (χ3v) is 3.57. The van der Waals surface area contributed by atoms with Gasteiger partial charge in [0.2, 0.25) is 0 Å². The summed E-state index contributed by atoms with van der Waals surface area (Å²) in [6.45, 7) is 2.26. The molecule has 0 aliphatic carbocycles. The molecular weight excluding hydrogens is 260 g/mol. The lowest BCUT2D eigenvalue weighted by Gasteiger charge is -1.99. The fourth-order valence-corrected chi connectivity index (χ4v) is 2.21. The van der Waals surface area contributed by atoms with Gasteiger partial charge < -0.3 is 4.74 Å². The number of rotatable bonds is 14. The highest BCUT2D eigenvalue weighted by atomic mass is 16.5. The topological polar surface area (TPSA) is 26.3 Å². The summed E-state index contributed by atoms with van der Waals surface area (Å²) in [5.41, 5.74) is 0. The van der Waals surface area contributed by atoms with E-state index >= 15 is 0 Å². The lowest BCUT2D eigenvalue weighted by atomic mass is 10.1. The van der Waals surface area contributed by atoms with Crippen molar-refractivity contribution in [2.45, 2.75) is 84.0 Å². The second-order valence-electron chi connectivity index (χ2n) is 5.56. The first kappa shape index (κ1) is 19.9. The number of carbonyl (C=O) groups excluding carboxylic acids is 1. The summed E-state index contributed by atoms with van der Waals surface area (Å²) >= 11 is 0. The Kier molecular flexibility index (Phi) is 16.2. The highest BCUT2D eigenvalue weighted by Gasteiger charge is 1.95. The van der Waals surface area contributed by atoms with Gasteiger partial charge in [0.25, 0.3) is 0 Å². The van der Waals surface area contributed by atoms with Crippen LogP contribution < -0.4 is 0 Å². The van der Waals surface area contributed by atoms with Gasteiger partial charge in [-0.1, -0.05) is 76.2 Å². The second kappa shape index (κ2) is 17.0. The minimum absolute atomic E-state index is 0.134. The summed E-state index contributed by atoms with van der Waals surface area (Å²) in [6, 6.07) is 0. The number of carbonyl (C=O) groups is 1. The molecule has 0 aromatic carbocycles. The molecule has 0 aliphatic rings. The Morgan fingerprint density at radius 2 is 1.38 bits per heavy atom. The fourth-order valence-electron chi connectivity index (χ4n) is 2.21. The highest BCUT2D eigenvalue weighted by molar-refractivity contribution is 5.69. The van der Waals surface area contributed by atoms with Gasteiger partial charge >= 0.3 is 5.97 Å². The molecule has 122 valence electrons. The van der Waals surface area contributed by atoms with Crippen molar-refractivity contribution in [2.24, 2.45) is 0 Å². The van der Waals surface area contributed by atoms with E-state index in [2.05, 4.69) is 36.0 Å². The quantitative estimate of drug-likeness (QED) is 0.224. The third-order valence-electron chi connectivity index (χ3n) is 3.57. The molecule has 0 bridgehead atoms. The minimum Gasteiger partial charge on any atom is -0.469 e. The van der Waals surface area contributed by atoms with Crippen molar-refractivity contribution in [2.75, 3.05) is 7.11 Å². The molecule has 0 aromatic heterocycles. The van der Waals surface area contributed by atoms with Crippen LogP contribution in [0.4, 0.5) is 0 Å². The van der Waals surface area contributed by atoms with Crippen LogP contribution in [0.3, 0.4) is 0 Å². The Hall–Kier alpha value is -1.05. The Morgan fingerprint density at radius 3 is 2.00 bits per heavy atom. The van der Waals surface area contributed by atoms with Crippen LogP contribution in [0.25, 0.3) is 0 Å². The molecule has 0 saturated carbocycles. The number of methoxy groups -OCH3 is 1. The van der Waals surface area contributed by atoms with Crippen molar-refractivity contribution in [3.05, 3.63) is 24.3 Å². The van der Waals surface area contributed by atoms with Gasteiger partial charge in [-0.25, -0.2) is 0 Å². The van der Waals surface area contributed by atoms with Crippen LogP contribution in [0.5, 0.6) is 0 Å². The van der Waals surface area contributed by atoms with E-state index in [1.54, 1.807) is 0 Å². The molecule has 0 rings (SSSR count). The number of hydrogen-bond donors (Lipinski definition) is 0. The first-order valence-electron chi connectivity index (χ1n) is 8.68. The Morgan fingerprint density at radius 1 is 0.810 bits per heavy atom. The molecule has 0 atom stereocenters. The van der Waals surface area contributed by atoms with Crippen LogP contribution in [0.15, 0.2) is 24.3 Å². The average molecular weight is 294 g/mol. The maximum absolute atomic E-state index is 10.9. The average Bonchev–Trinajstić information content (AvgIpc) is 2.50. The number of unbranched alkanes of at least 4 members (excludes halogenated alkanes) is 8. The van der Waals surface area contributed by atoms with E-state index in [1.807, 2.05) is 0 Å². The lowest BCUT2D eigenvalue weighted by Crippen LogP contribution is -1.97. The number of allylic oxidation sites excluding steroid dienone is 4. The van der Waals surface area contributed by atoms with Gasteiger partial charge in [0, 0.05) is 6.42 Å². The summed E-state index contributed by atoms with van der Waals surface area (Å²) in [7, 11) is 1.43. The van der Waals surface area contributed by atoms with Crippen LogP contribution >= 0.6 is 0 Å². The maximum Gasteiger partial charge on any atom is 0.305 e. The van der Waals surface area contributed by atoms with E-state index in [0.717, 1.165) is 12.8 Å². The standard InChI is InChI=1S/C19H34O2/c1-3-4-5-6-7-8-9-10-11-12-13-14-15-16-17-18-19(20)21-2/h12-13,15-16H,3-11,14,17-18H2,1-2H3. The SMILES string of the molecule is CCCCCCCCCCC=CCC=CCCC(=O)OC. The zero-order valence-electron chi connectivity index (χ0n) is 14.1. The molecule has 0 spiro atoms. The third kappa shape index (κ3) is 16.9. The van der Waals surface area contributed by atoms with Gasteiger partial charge in [-0.05, 0) is 25.7 Å². The monoisotopic (exact) mass is 294 g/mol. The molecule has 0 unspecified atom stereocenters. The Balaban J connectivity index is 3.22. The van der Waals surface area contributed by atoms with Gasteiger partial charge in [-0.2, -0.15) is 0 Å². The molecule has 2 heteroatoms. The molecule has 0 fully saturated rings. The first-order chi connectivity index (χ1) is 10.3. The maximum atomic E-state index is 10.9. The molecule has 0 amide bonds. The van der Waals surface area contributed by atoms with Crippen molar-refractivity contribution < 1.29 is 9.53 Å². The molecule has 0 N–H and O–H groups in total. The van der Waals surface area contributed by atoms with E-state index in [4.69, 9.17) is 0 Å². The molecule has 0 aromatic rings. The summed E-state index contributed by atoms with van der Waals surface area (Å²) in [4.78, 5) is 10.9.